The fourth-order valence-corrected chi connectivity index (χ4v) is 2.97. The number of thiophene rings is 1. The molecule has 0 radical (unpaired) electrons. The highest BCUT2D eigenvalue weighted by molar-refractivity contribution is 9.10. The molecule has 4 heteroatoms. The van der Waals surface area contributed by atoms with Crippen LogP contribution >= 0.6 is 38.9 Å². The molecule has 0 unspecified atom stereocenters. The molecule has 13 heavy (non-hydrogen) atoms. The SMILES string of the molecule is OCc1cc2ccsc2c(Cl)c1Br. The van der Waals surface area contributed by atoms with Crippen LogP contribution in [0.3, 0.4) is 0 Å². The zero-order chi connectivity index (χ0) is 9.42. The Morgan fingerprint density at radius 2 is 2.31 bits per heavy atom. The summed E-state index contributed by atoms with van der Waals surface area (Å²) in [7, 11) is 0. The summed E-state index contributed by atoms with van der Waals surface area (Å²) in [5.74, 6) is 0. The van der Waals surface area contributed by atoms with E-state index < -0.39 is 0 Å². The second-order valence-corrected chi connectivity index (χ2v) is 4.75. The van der Waals surface area contributed by atoms with Crippen LogP contribution in [-0.4, -0.2) is 5.11 Å². The fourth-order valence-electron chi connectivity index (χ4n) is 1.22. The molecule has 1 aromatic carbocycles. The van der Waals surface area contributed by atoms with Crippen LogP contribution < -0.4 is 0 Å². The molecule has 0 aliphatic carbocycles. The number of benzene rings is 1. The third-order valence-electron chi connectivity index (χ3n) is 1.87. The van der Waals surface area contributed by atoms with E-state index in [1.54, 1.807) is 11.3 Å². The van der Waals surface area contributed by atoms with Crippen LogP contribution in [0.5, 0.6) is 0 Å². The Bertz CT molecular complexity index is 452. The molecule has 0 aliphatic heterocycles. The van der Waals surface area contributed by atoms with Crippen molar-refractivity contribution in [1.29, 1.82) is 0 Å². The maximum atomic E-state index is 9.05. The summed E-state index contributed by atoms with van der Waals surface area (Å²) in [6, 6.07) is 3.94. The summed E-state index contributed by atoms with van der Waals surface area (Å²) in [6.45, 7) is 0.00604. The molecule has 1 nitrogen and oxygen atoms in total. The summed E-state index contributed by atoms with van der Waals surface area (Å²) >= 11 is 11.1. The second kappa shape index (κ2) is 3.58. The van der Waals surface area contributed by atoms with Crippen molar-refractivity contribution in [3.8, 4) is 0 Å². The minimum absolute atomic E-state index is 0.00604. The van der Waals surface area contributed by atoms with E-state index in [0.29, 0.717) is 5.02 Å². The Balaban J connectivity index is 2.83. The molecule has 1 aromatic heterocycles. The highest BCUT2D eigenvalue weighted by Crippen LogP contribution is 2.37. The van der Waals surface area contributed by atoms with Crippen molar-refractivity contribution in [2.45, 2.75) is 6.61 Å². The molecule has 2 aromatic rings. The number of hydrogen-bond donors (Lipinski definition) is 1. The Morgan fingerprint density at radius 1 is 1.54 bits per heavy atom. The summed E-state index contributed by atoms with van der Waals surface area (Å²) in [5.41, 5.74) is 0.830. The molecule has 0 amide bonds. The first-order valence-corrected chi connectivity index (χ1v) is 5.74. The van der Waals surface area contributed by atoms with Gasteiger partial charge in [-0.3, -0.25) is 0 Å². The average Bonchev–Trinajstić information content (AvgIpc) is 2.59. The summed E-state index contributed by atoms with van der Waals surface area (Å²) in [4.78, 5) is 0. The molecule has 0 aliphatic rings. The van der Waals surface area contributed by atoms with Crippen molar-refractivity contribution >= 4 is 49.0 Å². The Morgan fingerprint density at radius 3 is 3.00 bits per heavy atom. The number of hydrogen-bond acceptors (Lipinski definition) is 2. The Kier molecular flexibility index (Phi) is 2.60. The van der Waals surface area contributed by atoms with Crippen molar-refractivity contribution in [1.82, 2.24) is 0 Å². The van der Waals surface area contributed by atoms with Gasteiger partial charge in [-0.15, -0.1) is 11.3 Å². The predicted molar refractivity (Wildman–Crippen MR) is 60.5 cm³/mol. The first kappa shape index (κ1) is 9.46. The standard InChI is InChI=1S/C9H6BrClOS/c10-7-6(4-12)3-5-1-2-13-9(5)8(7)11/h1-3,12H,4H2. The van der Waals surface area contributed by atoms with E-state index in [-0.39, 0.29) is 6.61 Å². The van der Waals surface area contributed by atoms with Gasteiger partial charge in [0, 0.05) is 4.47 Å². The molecule has 0 bridgehead atoms. The lowest BCUT2D eigenvalue weighted by Gasteiger charge is -2.03. The molecule has 0 spiro atoms. The van der Waals surface area contributed by atoms with E-state index in [1.807, 2.05) is 17.5 Å². The van der Waals surface area contributed by atoms with E-state index >= 15 is 0 Å². The number of halogens is 2. The molecule has 68 valence electrons. The van der Waals surface area contributed by atoms with Gasteiger partial charge in [0.15, 0.2) is 0 Å². The predicted octanol–water partition coefficient (Wildman–Crippen LogP) is 3.81. The van der Waals surface area contributed by atoms with E-state index in [2.05, 4.69) is 15.9 Å². The van der Waals surface area contributed by atoms with Crippen LogP contribution in [-0.2, 0) is 6.61 Å². The molecule has 0 fully saturated rings. The molecule has 2 rings (SSSR count). The molecule has 1 N–H and O–H groups in total. The topological polar surface area (TPSA) is 20.2 Å². The lowest BCUT2D eigenvalue weighted by Crippen LogP contribution is -1.85. The van der Waals surface area contributed by atoms with Crippen LogP contribution in [0.2, 0.25) is 5.02 Å². The van der Waals surface area contributed by atoms with Gasteiger partial charge in [-0.1, -0.05) is 11.6 Å². The van der Waals surface area contributed by atoms with Crippen molar-refractivity contribution in [2.24, 2.45) is 0 Å². The van der Waals surface area contributed by atoms with Crippen molar-refractivity contribution in [3.05, 3.63) is 32.6 Å². The van der Waals surface area contributed by atoms with E-state index in [4.69, 9.17) is 16.7 Å². The zero-order valence-electron chi connectivity index (χ0n) is 6.55. The largest absolute Gasteiger partial charge is 0.392 e. The van der Waals surface area contributed by atoms with Gasteiger partial charge in [-0.2, -0.15) is 0 Å². The smallest absolute Gasteiger partial charge is 0.0729 e. The molecular weight excluding hydrogens is 272 g/mol. The van der Waals surface area contributed by atoms with Crippen molar-refractivity contribution < 1.29 is 5.11 Å². The molecular formula is C9H6BrClOS. The normalized spacial score (nSPS) is 11.0. The lowest BCUT2D eigenvalue weighted by molar-refractivity contribution is 0.281. The van der Waals surface area contributed by atoms with Gasteiger partial charge in [0.05, 0.1) is 16.3 Å². The second-order valence-electron chi connectivity index (χ2n) is 2.66. The highest BCUT2D eigenvalue weighted by Gasteiger charge is 2.09. The number of rotatable bonds is 1. The van der Waals surface area contributed by atoms with Crippen LogP contribution in [0, 0.1) is 0 Å². The minimum atomic E-state index is 0.00604. The zero-order valence-corrected chi connectivity index (χ0v) is 9.71. The van der Waals surface area contributed by atoms with E-state index in [9.17, 15) is 0 Å². The summed E-state index contributed by atoms with van der Waals surface area (Å²) in [5, 5.41) is 12.8. The van der Waals surface area contributed by atoms with Gasteiger partial charge in [0.2, 0.25) is 0 Å². The van der Waals surface area contributed by atoms with Crippen LogP contribution in [0.25, 0.3) is 10.1 Å². The Hall–Kier alpha value is -0.0900. The van der Waals surface area contributed by atoms with Gasteiger partial charge in [-0.25, -0.2) is 0 Å². The van der Waals surface area contributed by atoms with Crippen LogP contribution in [0.15, 0.2) is 22.0 Å². The quantitative estimate of drug-likeness (QED) is 0.840. The maximum absolute atomic E-state index is 9.05. The molecule has 0 saturated carbocycles. The van der Waals surface area contributed by atoms with Gasteiger partial charge in [0.25, 0.3) is 0 Å². The fraction of sp³-hybridized carbons (Fsp3) is 0.111. The molecule has 1 heterocycles. The summed E-state index contributed by atoms with van der Waals surface area (Å²) < 4.78 is 1.86. The van der Waals surface area contributed by atoms with E-state index in [1.165, 1.54) is 0 Å². The number of fused-ring (bicyclic) bond motifs is 1. The summed E-state index contributed by atoms with van der Waals surface area (Å²) in [6.07, 6.45) is 0. The maximum Gasteiger partial charge on any atom is 0.0729 e. The van der Waals surface area contributed by atoms with Gasteiger partial charge in [-0.05, 0) is 44.4 Å². The van der Waals surface area contributed by atoms with Gasteiger partial charge < -0.3 is 5.11 Å². The van der Waals surface area contributed by atoms with Crippen LogP contribution in [0.4, 0.5) is 0 Å². The van der Waals surface area contributed by atoms with Crippen molar-refractivity contribution in [3.63, 3.8) is 0 Å². The first-order valence-electron chi connectivity index (χ1n) is 3.69. The average molecular weight is 278 g/mol. The highest BCUT2D eigenvalue weighted by atomic mass is 79.9. The third kappa shape index (κ3) is 1.50. The Labute approximate surface area is 93.1 Å². The molecule has 0 saturated heterocycles. The minimum Gasteiger partial charge on any atom is -0.392 e. The van der Waals surface area contributed by atoms with Gasteiger partial charge in [0.1, 0.15) is 0 Å². The number of aliphatic hydroxyl groups excluding tert-OH is 1. The van der Waals surface area contributed by atoms with Crippen LogP contribution in [0.1, 0.15) is 5.56 Å². The van der Waals surface area contributed by atoms with E-state index in [0.717, 1.165) is 20.1 Å². The third-order valence-corrected chi connectivity index (χ3v) is 4.44. The first-order chi connectivity index (χ1) is 6.24. The van der Waals surface area contributed by atoms with Crippen molar-refractivity contribution in [2.75, 3.05) is 0 Å². The number of aliphatic hydroxyl groups is 1. The monoisotopic (exact) mass is 276 g/mol. The van der Waals surface area contributed by atoms with Gasteiger partial charge >= 0.3 is 0 Å². The molecule has 0 atom stereocenters. The lowest BCUT2D eigenvalue weighted by atomic mass is 10.2.